The molecule has 3 saturated heterocycles. The summed E-state index contributed by atoms with van der Waals surface area (Å²) in [5.74, 6) is -11.2. The summed E-state index contributed by atoms with van der Waals surface area (Å²) in [6, 6.07) is 11.0. The predicted octanol–water partition coefficient (Wildman–Crippen LogP) is -6.73. The van der Waals surface area contributed by atoms with Gasteiger partial charge in [-0.25, -0.2) is 0 Å². The minimum absolute atomic E-state index is 0. The van der Waals surface area contributed by atoms with E-state index in [0.717, 1.165) is 41.1 Å². The van der Waals surface area contributed by atoms with Gasteiger partial charge in [-0.05, 0) is 84.3 Å². The van der Waals surface area contributed by atoms with Gasteiger partial charge in [0.1, 0.15) is 54.2 Å². The number of carbonyl (C=O) groups excluding carboxylic acids is 8. The summed E-state index contributed by atoms with van der Waals surface area (Å²) in [4.78, 5) is 115. The van der Waals surface area contributed by atoms with Crippen LogP contribution < -0.4 is 76.1 Å². The number of ether oxygens (including phenoxy) is 1. The Morgan fingerprint density at radius 2 is 1.34 bits per heavy atom. The molecule has 4 heterocycles. The van der Waals surface area contributed by atoms with Gasteiger partial charge in [0.15, 0.2) is 11.5 Å². The predicted molar refractivity (Wildman–Crippen MR) is 306 cm³/mol. The minimum atomic E-state index is -2.55. The fourth-order valence-corrected chi connectivity index (χ4v) is 10.7. The third kappa shape index (κ3) is 17.0. The Morgan fingerprint density at radius 3 is 1.95 bits per heavy atom. The molecule has 5 aromatic rings. The van der Waals surface area contributed by atoms with Crippen LogP contribution in [0.2, 0.25) is 0 Å². The zero-order valence-corrected chi connectivity index (χ0v) is 51.9. The number of nitrogens with two attached hydrogens (primary N) is 1. The van der Waals surface area contributed by atoms with Crippen molar-refractivity contribution in [2.24, 2.45) is 11.7 Å². The number of β-amino-alcohol motifs (C(OH)–C–C–N with tert-alkyl or cyclic N) is 1. The number of carbonyl (C=O) groups is 8. The molecule has 8 rings (SSSR count). The van der Waals surface area contributed by atoms with E-state index in [2.05, 4.69) is 46.2 Å². The molecule has 1 aromatic heterocycles. The van der Waals surface area contributed by atoms with E-state index in [1.807, 2.05) is 36.4 Å². The van der Waals surface area contributed by atoms with Crippen molar-refractivity contribution >= 4 is 59.6 Å². The second-order valence-electron chi connectivity index (χ2n) is 21.6. The maximum atomic E-state index is 14.7. The summed E-state index contributed by atoms with van der Waals surface area (Å²) in [6.45, 7) is 0.621. The van der Waals surface area contributed by atoms with Crippen molar-refractivity contribution in [1.82, 2.24) is 46.6 Å². The molecule has 0 radical (unpaired) electrons. The van der Waals surface area contributed by atoms with Crippen LogP contribution in [0.15, 0.2) is 95.4 Å². The van der Waals surface area contributed by atoms with Crippen LogP contribution in [0.5, 0.6) is 17.2 Å². The summed E-state index contributed by atoms with van der Waals surface area (Å²) in [6.07, 6.45) is -16.3. The number of nitrogens with one attached hydrogen (secondary N) is 5. The second-order valence-corrected chi connectivity index (χ2v) is 22.1. The number of phenols is 1. The number of benzene rings is 4. The summed E-state index contributed by atoms with van der Waals surface area (Å²) >= 11 is -0.0902. The van der Waals surface area contributed by atoms with Crippen molar-refractivity contribution in [1.29, 1.82) is 0 Å². The summed E-state index contributed by atoms with van der Waals surface area (Å²) < 4.78 is 20.2. The number of rotatable bonds is 17. The van der Waals surface area contributed by atoms with E-state index in [4.69, 9.17) is 19.1 Å². The quantitative estimate of drug-likeness (QED) is 0.0135. The van der Waals surface area contributed by atoms with E-state index in [0.29, 0.717) is 21.8 Å². The van der Waals surface area contributed by atoms with Crippen LogP contribution in [0.25, 0.3) is 34.0 Å². The molecule has 32 nitrogen and oxygen atoms in total. The maximum Gasteiger partial charge on any atom is 1.00 e. The second kappa shape index (κ2) is 31.4. The van der Waals surface area contributed by atoms with Gasteiger partial charge in [-0.1, -0.05) is 37.3 Å². The van der Waals surface area contributed by atoms with E-state index < -0.39 is 183 Å². The molecule has 13 unspecified atom stereocenters. The fourth-order valence-electron chi connectivity index (χ4n) is 10.5. The Morgan fingerprint density at radius 1 is 0.758 bits per heavy atom. The molecular weight excluding hydrogens is 1230 g/mol. The average Bonchev–Trinajstić information content (AvgIpc) is 2.02. The number of fused-ring (bicyclic) bond motifs is 2. The van der Waals surface area contributed by atoms with E-state index in [-0.39, 0.29) is 64.8 Å². The van der Waals surface area contributed by atoms with Crippen LogP contribution in [0.1, 0.15) is 55.1 Å². The third-order valence-electron chi connectivity index (χ3n) is 15.3. The standard InChI is InChI=1S/C57H66N10O22S.Na/c1-25-23-67-45(46(25)74)53(81)59-22-33(69)19-36(60-49(77)29-6-10-31(11-7-29)55-65-64-54(86-55)30-8-4-27(5-9-30)28-12-15-35(85-3)16-13-28)50(78)61-42(26(2)68)56(82)66-24-34(70)20-37(66)51(79)63-44(52(80)62-43(57(67)83)39(72)21-41(58)73)48(76)47(75)32-14-17-38(71)40(18-32)87-90-89-88-84;/h4-18,25-26,33-34,36-37,39,42-48,68-72,74-76,84H,19-24H2,1-3H3,(H2,58,73)(H,59,81)(H,60,77)(H,61,78)(H,62,80)(H,63,79);/q;+1/p-1/t25?,26?,33?,34?,36-,37?,39?,42?,43?,44?,45?,46?,47?,48?;/m0./s1. The van der Waals surface area contributed by atoms with Crippen molar-refractivity contribution in [3.05, 3.63) is 102 Å². The monoisotopic (exact) mass is 1300 g/mol. The van der Waals surface area contributed by atoms with Crippen LogP contribution in [0.4, 0.5) is 0 Å². The number of aromatic nitrogens is 2. The Bertz CT molecular complexity index is 3410. The molecular formula is C57H65N10NaO22S. The van der Waals surface area contributed by atoms with Crippen molar-refractivity contribution in [2.45, 2.75) is 112 Å². The van der Waals surface area contributed by atoms with Crippen LogP contribution in [0.3, 0.4) is 0 Å². The number of aromatic hydroxyl groups is 1. The molecule has 0 aliphatic carbocycles. The number of phenolic OH excluding ortho intramolecular Hbond substituents is 1. The number of nitrogens with zero attached hydrogens (tertiary/aromatic N) is 4. The first kappa shape index (κ1) is 70.6. The number of aliphatic hydroxyl groups is 7. The van der Waals surface area contributed by atoms with E-state index >= 15 is 0 Å². The van der Waals surface area contributed by atoms with Crippen molar-refractivity contribution in [2.75, 3.05) is 26.7 Å². The summed E-state index contributed by atoms with van der Waals surface area (Å²) in [7, 11) is 1.58. The van der Waals surface area contributed by atoms with Gasteiger partial charge in [0.25, 0.3) is 18.2 Å². The van der Waals surface area contributed by atoms with Gasteiger partial charge in [-0.3, -0.25) is 43.4 Å². The van der Waals surface area contributed by atoms with Gasteiger partial charge in [-0.15, -0.1) is 14.5 Å². The molecule has 0 saturated carbocycles. The first-order valence-electron chi connectivity index (χ1n) is 27.8. The molecule has 14 atom stereocenters. The topological polar surface area (TPSA) is 490 Å². The fraction of sp³-hybridized carbons (Fsp3) is 0.404. The molecule has 3 aliphatic heterocycles. The van der Waals surface area contributed by atoms with Gasteiger partial charge in [-0.2, -0.15) is 0 Å². The molecule has 0 bridgehead atoms. The van der Waals surface area contributed by atoms with Gasteiger partial charge in [0.2, 0.25) is 53.1 Å². The first-order valence-corrected chi connectivity index (χ1v) is 28.5. The molecule has 3 aliphatic rings. The van der Waals surface area contributed by atoms with Gasteiger partial charge >= 0.3 is 29.6 Å². The zero-order valence-electron chi connectivity index (χ0n) is 49.1. The third-order valence-corrected chi connectivity index (χ3v) is 15.7. The number of amides is 8. The van der Waals surface area contributed by atoms with Gasteiger partial charge < -0.3 is 102 Å². The van der Waals surface area contributed by atoms with E-state index in [9.17, 15) is 84.5 Å². The van der Waals surface area contributed by atoms with Crippen molar-refractivity contribution in [3.63, 3.8) is 0 Å². The molecule has 0 spiro atoms. The Hall–Kier alpha value is -7.87. The number of primary amides is 1. The van der Waals surface area contributed by atoms with Gasteiger partial charge in [0.05, 0.1) is 44.1 Å². The smallest absolute Gasteiger partial charge is 0.691 e. The SMILES string of the molecule is COc1ccc(-c2ccc(-c3nnc(-c4ccc(C(=O)N[C@H]5CC(O)CNC(=O)C6C(O)C(C)CN6C(=O)C(C(O)CC(N)=O)NC(=O)C(C(O)C(O)c6ccc(O)c(OSOO[O-])c6)NC(=O)C6CC(O)CN6C(=O)C(C(C)O)NC5=O)cc4)o3)cc2)cc1.[Na+]. The van der Waals surface area contributed by atoms with Gasteiger partial charge in [0, 0.05) is 55.1 Å². The van der Waals surface area contributed by atoms with Crippen molar-refractivity contribution in [3.8, 4) is 51.3 Å². The summed E-state index contributed by atoms with van der Waals surface area (Å²) in [5, 5.41) is 124. The number of aliphatic hydroxyl groups excluding tert-OH is 7. The molecule has 91 heavy (non-hydrogen) atoms. The van der Waals surface area contributed by atoms with Crippen LogP contribution in [0, 0.1) is 5.92 Å². The molecule has 4 aromatic carbocycles. The first-order chi connectivity index (χ1) is 42.9. The number of hydrogen-bond acceptors (Lipinski definition) is 25. The Labute approximate surface area is 543 Å². The molecule has 8 amide bonds. The summed E-state index contributed by atoms with van der Waals surface area (Å²) in [5.41, 5.74) is 7.79. The largest absolute Gasteiger partial charge is 1.00 e. The molecule has 3 fully saturated rings. The normalized spacial score (nSPS) is 25.0. The Kier molecular flexibility index (Phi) is 24.4. The van der Waals surface area contributed by atoms with Crippen molar-refractivity contribution < 1.29 is 137 Å². The Balaban J connectivity index is 0.0000118. The zero-order chi connectivity index (χ0) is 65.2. The van der Waals surface area contributed by atoms with E-state index in [1.165, 1.54) is 31.2 Å². The van der Waals surface area contributed by atoms with Crippen LogP contribution in [-0.2, 0) is 42.9 Å². The molecule has 482 valence electrons. The van der Waals surface area contributed by atoms with Crippen LogP contribution >= 0.6 is 12.3 Å². The number of hydrogen-bond donors (Lipinski definition) is 14. The van der Waals surface area contributed by atoms with E-state index in [1.54, 1.807) is 19.2 Å². The average molecular weight is 1300 g/mol. The van der Waals surface area contributed by atoms with Crippen LogP contribution in [-0.4, -0.2) is 208 Å². The minimum Gasteiger partial charge on any atom is -0.691 e. The number of methoxy groups -OCH3 is 1. The maximum absolute atomic E-state index is 14.7. The molecule has 15 N–H and O–H groups in total. The molecule has 34 heteroatoms.